The van der Waals surface area contributed by atoms with Gasteiger partial charge < -0.3 is 0 Å². The van der Waals surface area contributed by atoms with Gasteiger partial charge in [0, 0.05) is 22.1 Å². The summed E-state index contributed by atoms with van der Waals surface area (Å²) in [5.74, 6) is 1.98. The molecule has 9 rings (SSSR count). The van der Waals surface area contributed by atoms with Gasteiger partial charge in [-0.05, 0) is 67.4 Å². The average Bonchev–Trinajstić information content (AvgIpc) is 3.40. The van der Waals surface area contributed by atoms with E-state index in [9.17, 15) is 0 Å². The minimum Gasteiger partial charge on any atom is -0.208 e. The molecule has 0 N–H and O–H groups in total. The van der Waals surface area contributed by atoms with Crippen molar-refractivity contribution in [2.24, 2.45) is 0 Å². The highest BCUT2D eigenvalue weighted by Gasteiger charge is 2.35. The number of rotatable bonds is 5. The van der Waals surface area contributed by atoms with Gasteiger partial charge in [-0.1, -0.05) is 166 Å². The fraction of sp³-hybridized carbons (Fsp3) is 0.0652. The third-order valence-corrected chi connectivity index (χ3v) is 9.95. The molecule has 1 aliphatic rings. The topological polar surface area (TPSA) is 38.7 Å². The molecular formula is C46H33N3. The first kappa shape index (κ1) is 29.0. The van der Waals surface area contributed by atoms with Crippen molar-refractivity contribution in [3.8, 4) is 67.5 Å². The van der Waals surface area contributed by atoms with Crippen LogP contribution in [0.5, 0.6) is 0 Å². The molecular weight excluding hydrogens is 595 g/mol. The second-order valence-electron chi connectivity index (χ2n) is 13.3. The molecule has 0 saturated heterocycles. The first-order valence-electron chi connectivity index (χ1n) is 16.8. The lowest BCUT2D eigenvalue weighted by molar-refractivity contribution is 0.660. The standard InChI is InChI=1S/C46H33N3/c1-46(2)41-19-10-9-17-38(41)39-27-26-36(29-42(39)46)35-25-22-30-16-11-18-37(40(30)28-35)31-20-23-34(24-21-31)45-48-43(32-12-5-3-6-13-32)47-44(49-45)33-14-7-4-8-15-33/h3-29H,1-2H3. The zero-order valence-electron chi connectivity index (χ0n) is 27.4. The maximum Gasteiger partial charge on any atom is 0.164 e. The van der Waals surface area contributed by atoms with Crippen molar-refractivity contribution in [1.29, 1.82) is 0 Å². The molecule has 7 aromatic carbocycles. The van der Waals surface area contributed by atoms with Gasteiger partial charge in [0.05, 0.1) is 0 Å². The van der Waals surface area contributed by atoms with Crippen LogP contribution >= 0.6 is 0 Å². The molecule has 1 aliphatic carbocycles. The summed E-state index contributed by atoms with van der Waals surface area (Å²) in [5, 5.41) is 2.45. The van der Waals surface area contributed by atoms with Crippen LogP contribution in [-0.2, 0) is 5.41 Å². The van der Waals surface area contributed by atoms with E-state index in [1.807, 2.05) is 60.7 Å². The fourth-order valence-electron chi connectivity index (χ4n) is 7.32. The lowest BCUT2D eigenvalue weighted by atomic mass is 9.81. The number of nitrogens with zero attached hydrogens (tertiary/aromatic N) is 3. The highest BCUT2D eigenvalue weighted by Crippen LogP contribution is 2.49. The van der Waals surface area contributed by atoms with Gasteiger partial charge >= 0.3 is 0 Å². The van der Waals surface area contributed by atoms with Crippen LogP contribution in [-0.4, -0.2) is 15.0 Å². The normalized spacial score (nSPS) is 12.9. The maximum absolute atomic E-state index is 4.92. The first-order valence-corrected chi connectivity index (χ1v) is 16.8. The maximum atomic E-state index is 4.92. The van der Waals surface area contributed by atoms with Crippen LogP contribution < -0.4 is 0 Å². The van der Waals surface area contributed by atoms with E-state index in [-0.39, 0.29) is 5.41 Å². The second-order valence-corrected chi connectivity index (χ2v) is 13.3. The molecule has 3 heteroatoms. The summed E-state index contributed by atoms with van der Waals surface area (Å²) in [6, 6.07) is 58.0. The Kier molecular flexibility index (Phi) is 6.80. The molecule has 0 unspecified atom stereocenters. The van der Waals surface area contributed by atoms with Crippen molar-refractivity contribution < 1.29 is 0 Å². The van der Waals surface area contributed by atoms with Gasteiger partial charge in [-0.15, -0.1) is 0 Å². The Morgan fingerprint density at radius 1 is 0.347 bits per heavy atom. The fourth-order valence-corrected chi connectivity index (χ4v) is 7.32. The Hall–Kier alpha value is -6.19. The predicted octanol–water partition coefficient (Wildman–Crippen LogP) is 11.7. The Bertz CT molecular complexity index is 2440. The van der Waals surface area contributed by atoms with Gasteiger partial charge in [0.1, 0.15) is 0 Å². The number of hydrogen-bond donors (Lipinski definition) is 0. The van der Waals surface area contributed by atoms with Gasteiger partial charge in [0.15, 0.2) is 17.5 Å². The number of aromatic nitrogens is 3. The number of benzene rings is 7. The van der Waals surface area contributed by atoms with Gasteiger partial charge in [-0.25, -0.2) is 15.0 Å². The van der Waals surface area contributed by atoms with E-state index < -0.39 is 0 Å². The molecule has 0 amide bonds. The molecule has 0 saturated carbocycles. The molecule has 0 radical (unpaired) electrons. The van der Waals surface area contributed by atoms with Crippen molar-refractivity contribution in [3.63, 3.8) is 0 Å². The van der Waals surface area contributed by atoms with Crippen LogP contribution in [0, 0.1) is 0 Å². The summed E-state index contributed by atoms with van der Waals surface area (Å²) in [5.41, 5.74) is 13.1. The SMILES string of the molecule is CC1(C)c2ccccc2-c2ccc(-c3ccc4cccc(-c5ccc(-c6nc(-c7ccccc7)nc(-c7ccccc7)n6)cc5)c4c3)cc21. The van der Waals surface area contributed by atoms with Crippen molar-refractivity contribution in [3.05, 3.63) is 175 Å². The highest BCUT2D eigenvalue weighted by atomic mass is 15.0. The third-order valence-electron chi connectivity index (χ3n) is 9.95. The Labute approximate surface area is 286 Å². The van der Waals surface area contributed by atoms with Crippen LogP contribution in [0.4, 0.5) is 0 Å². The number of fused-ring (bicyclic) bond motifs is 4. The Balaban J connectivity index is 1.10. The second kappa shape index (κ2) is 11.5. The zero-order valence-corrected chi connectivity index (χ0v) is 27.4. The van der Waals surface area contributed by atoms with E-state index in [1.54, 1.807) is 0 Å². The molecule has 1 heterocycles. The van der Waals surface area contributed by atoms with Gasteiger partial charge in [-0.2, -0.15) is 0 Å². The first-order chi connectivity index (χ1) is 24.0. The van der Waals surface area contributed by atoms with Crippen LogP contribution in [0.3, 0.4) is 0 Å². The van der Waals surface area contributed by atoms with E-state index >= 15 is 0 Å². The summed E-state index contributed by atoms with van der Waals surface area (Å²) < 4.78 is 0. The molecule has 0 atom stereocenters. The number of hydrogen-bond acceptors (Lipinski definition) is 3. The van der Waals surface area contributed by atoms with E-state index in [0.29, 0.717) is 17.5 Å². The van der Waals surface area contributed by atoms with E-state index in [2.05, 4.69) is 117 Å². The van der Waals surface area contributed by atoms with Crippen LogP contribution in [0.1, 0.15) is 25.0 Å². The van der Waals surface area contributed by atoms with Crippen LogP contribution in [0.25, 0.3) is 78.3 Å². The molecule has 232 valence electrons. The molecule has 3 nitrogen and oxygen atoms in total. The van der Waals surface area contributed by atoms with Crippen molar-refractivity contribution in [1.82, 2.24) is 15.0 Å². The molecule has 0 spiro atoms. The monoisotopic (exact) mass is 627 g/mol. The Morgan fingerprint density at radius 3 is 1.51 bits per heavy atom. The van der Waals surface area contributed by atoms with Crippen molar-refractivity contribution in [2.45, 2.75) is 19.3 Å². The summed E-state index contributed by atoms with van der Waals surface area (Å²) >= 11 is 0. The minimum absolute atomic E-state index is 0.0338. The minimum atomic E-state index is -0.0338. The summed E-state index contributed by atoms with van der Waals surface area (Å²) in [6.07, 6.45) is 0. The molecule has 0 fully saturated rings. The molecule has 1 aromatic heterocycles. The van der Waals surface area contributed by atoms with Crippen molar-refractivity contribution in [2.75, 3.05) is 0 Å². The van der Waals surface area contributed by atoms with Gasteiger partial charge in [-0.3, -0.25) is 0 Å². The van der Waals surface area contributed by atoms with E-state index in [1.165, 1.54) is 49.7 Å². The predicted molar refractivity (Wildman–Crippen MR) is 202 cm³/mol. The molecule has 0 aliphatic heterocycles. The molecule has 8 aromatic rings. The largest absolute Gasteiger partial charge is 0.208 e. The average molecular weight is 628 g/mol. The lowest BCUT2D eigenvalue weighted by Gasteiger charge is -2.22. The van der Waals surface area contributed by atoms with Gasteiger partial charge in [0.2, 0.25) is 0 Å². The van der Waals surface area contributed by atoms with Crippen molar-refractivity contribution >= 4 is 10.8 Å². The highest BCUT2D eigenvalue weighted by molar-refractivity contribution is 5.99. The third kappa shape index (κ3) is 5.03. The summed E-state index contributed by atoms with van der Waals surface area (Å²) in [7, 11) is 0. The zero-order chi connectivity index (χ0) is 33.0. The van der Waals surface area contributed by atoms with E-state index in [4.69, 9.17) is 15.0 Å². The Morgan fingerprint density at radius 2 is 0.837 bits per heavy atom. The van der Waals surface area contributed by atoms with E-state index in [0.717, 1.165) is 22.3 Å². The summed E-state index contributed by atoms with van der Waals surface area (Å²) in [4.78, 5) is 14.7. The quantitative estimate of drug-likeness (QED) is 0.191. The smallest absolute Gasteiger partial charge is 0.164 e. The molecule has 49 heavy (non-hydrogen) atoms. The van der Waals surface area contributed by atoms with Crippen LogP contribution in [0.2, 0.25) is 0 Å². The van der Waals surface area contributed by atoms with Gasteiger partial charge in [0.25, 0.3) is 0 Å². The van der Waals surface area contributed by atoms with Crippen LogP contribution in [0.15, 0.2) is 164 Å². The lowest BCUT2D eigenvalue weighted by Crippen LogP contribution is -2.14. The summed E-state index contributed by atoms with van der Waals surface area (Å²) in [6.45, 7) is 4.68. The molecule has 0 bridgehead atoms.